The van der Waals surface area contributed by atoms with E-state index in [1.807, 2.05) is 47.1 Å². The molecule has 0 fully saturated rings. The fourth-order valence-corrected chi connectivity index (χ4v) is 6.05. The highest BCUT2D eigenvalue weighted by Crippen LogP contribution is 2.43. The van der Waals surface area contributed by atoms with Gasteiger partial charge in [-0.2, -0.15) is 0 Å². The smallest absolute Gasteiger partial charge is 0.164 e. The second-order valence-corrected chi connectivity index (χ2v) is 11.1. The second-order valence-electron chi connectivity index (χ2n) is 8.17. The molecule has 0 atom stereocenters. The summed E-state index contributed by atoms with van der Waals surface area (Å²) in [6.07, 6.45) is 1.84. The van der Waals surface area contributed by atoms with E-state index in [0.29, 0.717) is 0 Å². The third-order valence-corrected chi connectivity index (χ3v) is 7.59. The second kappa shape index (κ2) is 8.15. The molecule has 3 nitrogen and oxygen atoms in total. The lowest BCUT2D eigenvalue weighted by atomic mass is 10.0. The van der Waals surface area contributed by atoms with Gasteiger partial charge in [-0.15, -0.1) is 22.7 Å². The van der Waals surface area contributed by atoms with E-state index in [1.54, 1.807) is 0 Å². The van der Waals surface area contributed by atoms with Gasteiger partial charge < -0.3 is 0 Å². The SMILES string of the molecule is Cc1ccc(-n2c(-c3ccccn3)nc(-c3cc(C)sc3C)c2-c2cc(C)sc2C)cc1. The first-order valence-electron chi connectivity index (χ1n) is 10.7. The number of hydrogen-bond acceptors (Lipinski definition) is 4. The van der Waals surface area contributed by atoms with E-state index in [0.717, 1.165) is 28.6 Å². The molecule has 4 aromatic heterocycles. The van der Waals surface area contributed by atoms with E-state index in [1.165, 1.54) is 36.2 Å². The Hall–Kier alpha value is -3.02. The van der Waals surface area contributed by atoms with Crippen LogP contribution in [-0.2, 0) is 0 Å². The predicted molar refractivity (Wildman–Crippen MR) is 137 cm³/mol. The van der Waals surface area contributed by atoms with E-state index in [9.17, 15) is 0 Å². The van der Waals surface area contributed by atoms with E-state index in [-0.39, 0.29) is 0 Å². The minimum absolute atomic E-state index is 0.867. The molecule has 5 rings (SSSR count). The number of rotatable bonds is 4. The summed E-state index contributed by atoms with van der Waals surface area (Å²) in [5.41, 5.74) is 7.80. The van der Waals surface area contributed by atoms with Gasteiger partial charge in [-0.3, -0.25) is 9.55 Å². The number of hydrogen-bond donors (Lipinski definition) is 0. The Morgan fingerprint density at radius 1 is 0.750 bits per heavy atom. The molecule has 1 aromatic carbocycles. The highest BCUT2D eigenvalue weighted by molar-refractivity contribution is 7.12. The largest absolute Gasteiger partial charge is 0.290 e. The van der Waals surface area contributed by atoms with Crippen LogP contribution in [0.4, 0.5) is 0 Å². The van der Waals surface area contributed by atoms with Crippen LogP contribution >= 0.6 is 22.7 Å². The van der Waals surface area contributed by atoms with Gasteiger partial charge in [0, 0.05) is 42.5 Å². The fraction of sp³-hybridized carbons (Fsp3) is 0.185. The van der Waals surface area contributed by atoms with Crippen molar-refractivity contribution >= 4 is 22.7 Å². The monoisotopic (exact) mass is 455 g/mol. The van der Waals surface area contributed by atoms with E-state index in [2.05, 4.69) is 80.6 Å². The highest BCUT2D eigenvalue weighted by atomic mass is 32.1. The molecule has 0 saturated carbocycles. The molecule has 0 aliphatic carbocycles. The van der Waals surface area contributed by atoms with Crippen LogP contribution in [0.25, 0.3) is 39.7 Å². The molecule has 5 heteroatoms. The van der Waals surface area contributed by atoms with Gasteiger partial charge in [0.15, 0.2) is 5.82 Å². The summed E-state index contributed by atoms with van der Waals surface area (Å²) in [7, 11) is 0. The first-order chi connectivity index (χ1) is 15.4. The summed E-state index contributed by atoms with van der Waals surface area (Å²) in [6.45, 7) is 10.8. The maximum absolute atomic E-state index is 5.26. The van der Waals surface area contributed by atoms with Crippen molar-refractivity contribution < 1.29 is 0 Å². The lowest BCUT2D eigenvalue weighted by molar-refractivity contribution is 1.05. The van der Waals surface area contributed by atoms with Crippen LogP contribution in [0.1, 0.15) is 25.1 Å². The normalized spacial score (nSPS) is 11.3. The minimum atomic E-state index is 0.867. The zero-order valence-electron chi connectivity index (χ0n) is 18.9. The number of imidazole rings is 1. The standard InChI is InChI=1S/C27H25N3S2/c1-16-9-11-21(12-10-16)30-26(23-15-18(3)32-20(23)5)25(22-14-17(2)31-19(22)4)29-27(30)24-8-6-7-13-28-24/h6-15H,1-5H3. The molecule has 0 bridgehead atoms. The lowest BCUT2D eigenvalue weighted by Crippen LogP contribution is -2.01. The molecular weight excluding hydrogens is 430 g/mol. The van der Waals surface area contributed by atoms with Crippen LogP contribution < -0.4 is 0 Å². The molecule has 0 radical (unpaired) electrons. The van der Waals surface area contributed by atoms with Crippen molar-refractivity contribution in [1.29, 1.82) is 0 Å². The van der Waals surface area contributed by atoms with Gasteiger partial charge in [-0.05, 0) is 71.0 Å². The number of aromatic nitrogens is 3. The van der Waals surface area contributed by atoms with Crippen molar-refractivity contribution in [1.82, 2.24) is 14.5 Å². The summed E-state index contributed by atoms with van der Waals surface area (Å²) < 4.78 is 2.29. The number of thiophene rings is 2. The minimum Gasteiger partial charge on any atom is -0.290 e. The molecule has 0 aliphatic rings. The molecule has 0 unspecified atom stereocenters. The van der Waals surface area contributed by atoms with Crippen LogP contribution in [0.2, 0.25) is 0 Å². The van der Waals surface area contributed by atoms with Crippen LogP contribution in [0.15, 0.2) is 60.8 Å². The fourth-order valence-electron chi connectivity index (χ4n) is 4.20. The maximum atomic E-state index is 5.26. The van der Waals surface area contributed by atoms with Crippen molar-refractivity contribution in [2.75, 3.05) is 0 Å². The van der Waals surface area contributed by atoms with Gasteiger partial charge in [0.25, 0.3) is 0 Å². The molecule has 32 heavy (non-hydrogen) atoms. The Balaban J connectivity index is 1.92. The van der Waals surface area contributed by atoms with Crippen molar-refractivity contribution in [2.45, 2.75) is 34.6 Å². The van der Waals surface area contributed by atoms with Crippen molar-refractivity contribution in [2.24, 2.45) is 0 Å². The summed E-state index contributed by atoms with van der Waals surface area (Å²) in [6, 6.07) is 19.2. The number of aryl methyl sites for hydroxylation is 5. The van der Waals surface area contributed by atoms with Gasteiger partial charge in [0.2, 0.25) is 0 Å². The molecule has 0 N–H and O–H groups in total. The van der Waals surface area contributed by atoms with Crippen LogP contribution in [0, 0.1) is 34.6 Å². The summed E-state index contributed by atoms with van der Waals surface area (Å²) in [5, 5.41) is 0. The maximum Gasteiger partial charge on any atom is 0.164 e. The summed E-state index contributed by atoms with van der Waals surface area (Å²) >= 11 is 3.66. The van der Waals surface area contributed by atoms with E-state index >= 15 is 0 Å². The quantitative estimate of drug-likeness (QED) is 0.275. The molecule has 0 amide bonds. The molecule has 0 spiro atoms. The molecule has 4 heterocycles. The van der Waals surface area contributed by atoms with Crippen LogP contribution in [0.3, 0.4) is 0 Å². The average Bonchev–Trinajstić information content (AvgIpc) is 3.42. The summed E-state index contributed by atoms with van der Waals surface area (Å²) in [5.74, 6) is 0.867. The van der Waals surface area contributed by atoms with Gasteiger partial charge >= 0.3 is 0 Å². The Morgan fingerprint density at radius 3 is 1.97 bits per heavy atom. The van der Waals surface area contributed by atoms with E-state index < -0.39 is 0 Å². The first kappa shape index (κ1) is 20.9. The molecule has 0 aliphatic heterocycles. The van der Waals surface area contributed by atoms with Gasteiger partial charge in [-0.25, -0.2) is 4.98 Å². The third kappa shape index (κ3) is 3.61. The summed E-state index contributed by atoms with van der Waals surface area (Å²) in [4.78, 5) is 15.1. The third-order valence-electron chi connectivity index (χ3n) is 5.66. The topological polar surface area (TPSA) is 30.7 Å². The Bertz CT molecular complexity index is 1400. The highest BCUT2D eigenvalue weighted by Gasteiger charge is 2.26. The molecule has 5 aromatic rings. The number of pyridine rings is 1. The predicted octanol–water partition coefficient (Wildman–Crippen LogP) is 7.93. The lowest BCUT2D eigenvalue weighted by Gasteiger charge is -2.13. The zero-order chi connectivity index (χ0) is 22.4. The molecular formula is C27H25N3S2. The van der Waals surface area contributed by atoms with Gasteiger partial charge in [0.05, 0.1) is 11.4 Å². The Labute approximate surface area is 197 Å². The zero-order valence-corrected chi connectivity index (χ0v) is 20.6. The van der Waals surface area contributed by atoms with E-state index in [4.69, 9.17) is 4.98 Å². The average molecular weight is 456 g/mol. The van der Waals surface area contributed by atoms with Crippen molar-refractivity contribution in [3.05, 3.63) is 85.9 Å². The van der Waals surface area contributed by atoms with Crippen LogP contribution in [-0.4, -0.2) is 14.5 Å². The first-order valence-corrected chi connectivity index (χ1v) is 12.3. The van der Waals surface area contributed by atoms with Crippen LogP contribution in [0.5, 0.6) is 0 Å². The van der Waals surface area contributed by atoms with Gasteiger partial charge in [-0.1, -0.05) is 23.8 Å². The Kier molecular flexibility index (Phi) is 5.31. The number of benzene rings is 1. The van der Waals surface area contributed by atoms with Gasteiger partial charge in [0.1, 0.15) is 5.69 Å². The van der Waals surface area contributed by atoms with Crippen molar-refractivity contribution in [3.63, 3.8) is 0 Å². The van der Waals surface area contributed by atoms with Crippen molar-refractivity contribution in [3.8, 4) is 39.7 Å². The Morgan fingerprint density at radius 2 is 1.41 bits per heavy atom. The molecule has 160 valence electrons. The number of nitrogens with zero attached hydrogens (tertiary/aromatic N) is 3. The molecule has 0 saturated heterocycles.